The normalized spacial score (nSPS) is 12.6. The van der Waals surface area contributed by atoms with Gasteiger partial charge in [-0.2, -0.15) is 0 Å². The van der Waals surface area contributed by atoms with Crippen molar-refractivity contribution in [2.45, 2.75) is 482 Å². The average molecular weight is 1280 g/mol. The second kappa shape index (κ2) is 80.5. The molecule has 0 aromatic rings. The van der Waals surface area contributed by atoms with Crippen LogP contribution in [0.5, 0.6) is 0 Å². The summed E-state index contributed by atoms with van der Waals surface area (Å²) in [5.41, 5.74) is 0. The van der Waals surface area contributed by atoms with E-state index in [9.17, 15) is 19.8 Å². The zero-order valence-corrected chi connectivity index (χ0v) is 61.9. The van der Waals surface area contributed by atoms with Gasteiger partial charge in [0.1, 0.15) is 0 Å². The first-order valence-electron chi connectivity index (χ1n) is 41.7. The minimum atomic E-state index is -0.665. The molecule has 0 saturated heterocycles. The summed E-state index contributed by atoms with van der Waals surface area (Å²) in [4.78, 5) is 24.7. The van der Waals surface area contributed by atoms with Gasteiger partial charge in [-0.3, -0.25) is 9.59 Å². The van der Waals surface area contributed by atoms with Gasteiger partial charge in [-0.05, 0) is 83.5 Å². The van der Waals surface area contributed by atoms with Gasteiger partial charge in [0.2, 0.25) is 5.91 Å². The van der Waals surface area contributed by atoms with E-state index in [-0.39, 0.29) is 18.5 Å². The number of amides is 1. The van der Waals surface area contributed by atoms with Crippen LogP contribution in [0, 0.1) is 0 Å². The first kappa shape index (κ1) is 89.1. The summed E-state index contributed by atoms with van der Waals surface area (Å²) < 4.78 is 5.51. The van der Waals surface area contributed by atoms with Crippen molar-refractivity contribution in [2.24, 2.45) is 0 Å². The van der Waals surface area contributed by atoms with Crippen LogP contribution in [0.4, 0.5) is 0 Å². The molecular weight excluding hydrogens is 1110 g/mol. The summed E-state index contributed by atoms with van der Waals surface area (Å²) in [5.74, 6) is -0.0130. The fraction of sp³-hybridized carbons (Fsp3) is 0.906. The molecule has 0 aliphatic rings. The standard InChI is InChI=1S/C85H163NO5/c1-3-5-7-9-11-13-15-17-19-21-23-24-38-42-45-49-53-57-61-65-69-73-77-83(88)82(81-87)86-84(89)78-74-70-66-62-58-54-50-46-43-39-36-34-32-30-28-26-25-27-29-31-33-35-37-40-44-48-52-56-60-64-68-72-76-80-91-85(90)79-75-71-67-63-59-55-51-47-41-22-20-18-16-14-12-10-8-6-4-2/h18,20,29,31,35,37,82-83,87-88H,3-17,19,21-28,30,32-34,36,38-81H2,1-2H3,(H,86,89)/b20-18-,31-29-,37-35-. The summed E-state index contributed by atoms with van der Waals surface area (Å²) in [6, 6.07) is -0.542. The van der Waals surface area contributed by atoms with E-state index >= 15 is 0 Å². The van der Waals surface area contributed by atoms with E-state index in [0.717, 1.165) is 44.9 Å². The highest BCUT2D eigenvalue weighted by Gasteiger charge is 2.20. The number of carbonyl (C=O) groups excluding carboxylic acids is 2. The molecule has 6 heteroatoms. The largest absolute Gasteiger partial charge is 0.466 e. The zero-order chi connectivity index (χ0) is 65.6. The molecule has 0 aromatic heterocycles. The van der Waals surface area contributed by atoms with Gasteiger partial charge in [0, 0.05) is 12.8 Å². The fourth-order valence-electron chi connectivity index (χ4n) is 13.3. The lowest BCUT2D eigenvalue weighted by Gasteiger charge is -2.22. The quantitative estimate of drug-likeness (QED) is 0.0320. The van der Waals surface area contributed by atoms with Crippen LogP contribution in [-0.2, 0) is 14.3 Å². The van der Waals surface area contributed by atoms with E-state index < -0.39 is 12.1 Å². The predicted octanol–water partition coefficient (Wildman–Crippen LogP) is 27.8. The van der Waals surface area contributed by atoms with Crippen LogP contribution in [0.15, 0.2) is 36.5 Å². The Kier molecular flexibility index (Phi) is 78.8. The molecule has 0 aliphatic carbocycles. The summed E-state index contributed by atoms with van der Waals surface area (Å²) in [6.07, 6.45) is 105. The second-order valence-corrected chi connectivity index (χ2v) is 28.8. The Morgan fingerprint density at radius 3 is 0.846 bits per heavy atom. The van der Waals surface area contributed by atoms with E-state index in [4.69, 9.17) is 4.74 Å². The zero-order valence-electron chi connectivity index (χ0n) is 61.9. The van der Waals surface area contributed by atoms with Crippen LogP contribution in [0.1, 0.15) is 470 Å². The van der Waals surface area contributed by atoms with E-state index in [1.165, 1.54) is 392 Å². The Balaban J connectivity index is 3.37. The van der Waals surface area contributed by atoms with Gasteiger partial charge >= 0.3 is 5.97 Å². The van der Waals surface area contributed by atoms with E-state index in [0.29, 0.717) is 25.9 Å². The Morgan fingerprint density at radius 2 is 0.549 bits per heavy atom. The van der Waals surface area contributed by atoms with Crippen molar-refractivity contribution < 1.29 is 24.5 Å². The minimum absolute atomic E-state index is 0.0148. The lowest BCUT2D eigenvalue weighted by molar-refractivity contribution is -0.143. The van der Waals surface area contributed by atoms with Gasteiger partial charge in [0.25, 0.3) is 0 Å². The molecule has 1 amide bonds. The predicted molar refractivity (Wildman–Crippen MR) is 403 cm³/mol. The molecule has 3 N–H and O–H groups in total. The molecule has 0 bridgehead atoms. The lowest BCUT2D eigenvalue weighted by atomic mass is 10.0. The van der Waals surface area contributed by atoms with Gasteiger partial charge in [-0.1, -0.05) is 410 Å². The van der Waals surface area contributed by atoms with Crippen LogP contribution < -0.4 is 5.32 Å². The molecule has 91 heavy (non-hydrogen) atoms. The van der Waals surface area contributed by atoms with Gasteiger partial charge in [-0.25, -0.2) is 0 Å². The number of rotatable bonds is 79. The number of aliphatic hydroxyl groups is 2. The van der Waals surface area contributed by atoms with Crippen molar-refractivity contribution in [3.63, 3.8) is 0 Å². The number of hydrogen-bond donors (Lipinski definition) is 3. The molecule has 0 radical (unpaired) electrons. The highest BCUT2D eigenvalue weighted by atomic mass is 16.5. The Morgan fingerprint density at radius 1 is 0.308 bits per heavy atom. The van der Waals surface area contributed by atoms with E-state index in [1.807, 2.05) is 0 Å². The highest BCUT2D eigenvalue weighted by molar-refractivity contribution is 5.76. The lowest BCUT2D eigenvalue weighted by Crippen LogP contribution is -2.45. The molecular formula is C85H163NO5. The molecule has 6 nitrogen and oxygen atoms in total. The molecule has 2 atom stereocenters. The van der Waals surface area contributed by atoms with Crippen LogP contribution in [0.2, 0.25) is 0 Å². The maximum atomic E-state index is 12.6. The number of unbranched alkanes of at least 4 members (excludes halogenated alkanes) is 62. The number of allylic oxidation sites excluding steroid dienone is 6. The topological polar surface area (TPSA) is 95.9 Å². The SMILES string of the molecule is CCCCCCCC/C=C\CCCCCCCCCCCC(=O)OCCCCCCCCCCC/C=C\C/C=C\CCCCCCCCCCCCCCCCCCCC(=O)NC(CO)C(O)CCCCCCCCCCCCCCCCCCCCCCCC. The molecule has 0 spiro atoms. The number of ether oxygens (including phenoxy) is 1. The Hall–Kier alpha value is -1.92. The van der Waals surface area contributed by atoms with Crippen molar-refractivity contribution >= 4 is 11.9 Å². The average Bonchev–Trinajstić information content (AvgIpc) is 3.58. The van der Waals surface area contributed by atoms with Crippen LogP contribution in [0.3, 0.4) is 0 Å². The first-order chi connectivity index (χ1) is 45.0. The number of esters is 1. The van der Waals surface area contributed by atoms with Crippen LogP contribution in [0.25, 0.3) is 0 Å². The summed E-state index contributed by atoms with van der Waals surface area (Å²) in [7, 11) is 0. The molecule has 538 valence electrons. The van der Waals surface area contributed by atoms with Gasteiger partial charge in [0.15, 0.2) is 0 Å². The number of hydrogen-bond acceptors (Lipinski definition) is 5. The third kappa shape index (κ3) is 77.0. The maximum absolute atomic E-state index is 12.6. The van der Waals surface area contributed by atoms with Gasteiger partial charge in [0.05, 0.1) is 25.4 Å². The number of aliphatic hydroxyl groups excluding tert-OH is 2. The summed E-state index contributed by atoms with van der Waals surface area (Å²) in [6.45, 7) is 5.00. The molecule has 2 unspecified atom stereocenters. The molecule has 0 aliphatic heterocycles. The molecule has 0 aromatic carbocycles. The van der Waals surface area contributed by atoms with Gasteiger partial charge in [-0.15, -0.1) is 0 Å². The highest BCUT2D eigenvalue weighted by Crippen LogP contribution is 2.20. The molecule has 0 rings (SSSR count). The second-order valence-electron chi connectivity index (χ2n) is 28.8. The Bertz CT molecular complexity index is 1470. The number of nitrogens with one attached hydrogen (secondary N) is 1. The molecule has 0 heterocycles. The van der Waals surface area contributed by atoms with Crippen molar-refractivity contribution in [1.82, 2.24) is 5.32 Å². The molecule has 0 saturated carbocycles. The minimum Gasteiger partial charge on any atom is -0.466 e. The van der Waals surface area contributed by atoms with E-state index in [2.05, 4.69) is 55.6 Å². The van der Waals surface area contributed by atoms with Crippen LogP contribution >= 0.6 is 0 Å². The third-order valence-electron chi connectivity index (χ3n) is 19.7. The van der Waals surface area contributed by atoms with Crippen molar-refractivity contribution in [3.8, 4) is 0 Å². The maximum Gasteiger partial charge on any atom is 0.305 e. The molecule has 0 fully saturated rings. The van der Waals surface area contributed by atoms with Crippen molar-refractivity contribution in [3.05, 3.63) is 36.5 Å². The van der Waals surface area contributed by atoms with Gasteiger partial charge < -0.3 is 20.3 Å². The fourth-order valence-corrected chi connectivity index (χ4v) is 13.3. The van der Waals surface area contributed by atoms with Crippen LogP contribution in [-0.4, -0.2) is 47.4 Å². The first-order valence-corrected chi connectivity index (χ1v) is 41.7. The van der Waals surface area contributed by atoms with Crippen molar-refractivity contribution in [1.29, 1.82) is 0 Å². The van der Waals surface area contributed by atoms with E-state index in [1.54, 1.807) is 0 Å². The third-order valence-corrected chi connectivity index (χ3v) is 19.7. The number of carbonyl (C=O) groups is 2. The monoisotopic (exact) mass is 1280 g/mol. The Labute approximate surface area is 570 Å². The smallest absolute Gasteiger partial charge is 0.305 e. The summed E-state index contributed by atoms with van der Waals surface area (Å²) in [5, 5.41) is 23.5. The summed E-state index contributed by atoms with van der Waals surface area (Å²) >= 11 is 0. The van der Waals surface area contributed by atoms with Crippen molar-refractivity contribution in [2.75, 3.05) is 13.2 Å².